The van der Waals surface area contributed by atoms with E-state index in [0.29, 0.717) is 17.1 Å². The predicted octanol–water partition coefficient (Wildman–Crippen LogP) is 6.19. The Morgan fingerprint density at radius 3 is 2.82 bits per heavy atom. The number of amides is 1. The van der Waals surface area contributed by atoms with E-state index in [4.69, 9.17) is 11.6 Å². The second-order valence-corrected chi connectivity index (χ2v) is 9.41. The molecular formula is C28H23ClN2O2. The van der Waals surface area contributed by atoms with E-state index in [-0.39, 0.29) is 11.7 Å². The third-order valence-electron chi connectivity index (χ3n) is 7.08. The molecule has 0 saturated carbocycles. The Morgan fingerprint density at radius 2 is 1.97 bits per heavy atom. The smallest absolute Gasteiger partial charge is 0.255 e. The maximum Gasteiger partial charge on any atom is 0.255 e. The largest absolute Gasteiger partial charge is 0.507 e. The van der Waals surface area contributed by atoms with E-state index in [1.54, 1.807) is 6.07 Å². The Labute approximate surface area is 197 Å². The number of aromatic hydroxyl groups is 1. The Kier molecular flexibility index (Phi) is 4.27. The van der Waals surface area contributed by atoms with Gasteiger partial charge in [-0.25, -0.2) is 0 Å². The molecule has 0 aliphatic carbocycles. The lowest BCUT2D eigenvalue weighted by atomic mass is 9.79. The third-order valence-corrected chi connectivity index (χ3v) is 7.40. The van der Waals surface area contributed by atoms with Gasteiger partial charge in [-0.2, -0.15) is 0 Å². The van der Waals surface area contributed by atoms with Gasteiger partial charge in [-0.3, -0.25) is 4.79 Å². The van der Waals surface area contributed by atoms with Gasteiger partial charge in [0.25, 0.3) is 5.91 Å². The van der Waals surface area contributed by atoms with Crippen molar-refractivity contribution in [3.05, 3.63) is 105 Å². The molecule has 1 atom stereocenters. The van der Waals surface area contributed by atoms with Crippen molar-refractivity contribution >= 4 is 34.0 Å². The Morgan fingerprint density at radius 1 is 1.15 bits per heavy atom. The molecule has 2 aliphatic heterocycles. The fraction of sp³-hybridized carbons (Fsp3) is 0.179. The zero-order valence-corrected chi connectivity index (χ0v) is 19.2. The Bertz CT molecular complexity index is 1500. The number of nitrogens with one attached hydrogen (secondary N) is 1. The molecule has 2 N–H and O–H groups in total. The van der Waals surface area contributed by atoms with Crippen LogP contribution in [0.15, 0.2) is 66.7 Å². The predicted molar refractivity (Wildman–Crippen MR) is 132 cm³/mol. The summed E-state index contributed by atoms with van der Waals surface area (Å²) in [4.78, 5) is 19.2. The number of nitrogens with zero attached hydrogens (tertiary/aromatic N) is 1. The molecule has 33 heavy (non-hydrogen) atoms. The van der Waals surface area contributed by atoms with Gasteiger partial charge in [0.1, 0.15) is 11.3 Å². The number of halogens is 1. The Hall–Kier alpha value is -3.50. The number of benzene rings is 3. The van der Waals surface area contributed by atoms with Gasteiger partial charge in [0.15, 0.2) is 0 Å². The molecule has 0 saturated heterocycles. The zero-order valence-electron chi connectivity index (χ0n) is 18.4. The summed E-state index contributed by atoms with van der Waals surface area (Å²) in [6, 6.07) is 19.3. The quantitative estimate of drug-likeness (QED) is 0.379. The molecule has 4 nitrogen and oxygen atoms in total. The number of fused-ring (bicyclic) bond motifs is 7. The number of aromatic nitrogens is 1. The summed E-state index contributed by atoms with van der Waals surface area (Å²) in [7, 11) is 0. The van der Waals surface area contributed by atoms with Crippen molar-refractivity contribution in [2.24, 2.45) is 0 Å². The highest BCUT2D eigenvalue weighted by molar-refractivity contribution is 6.35. The van der Waals surface area contributed by atoms with Crippen LogP contribution in [0.25, 0.3) is 16.5 Å². The second kappa shape index (κ2) is 7.00. The first-order valence-electron chi connectivity index (χ1n) is 11.1. The number of H-pyrrole nitrogens is 1. The number of carbonyl (C=O) groups is 1. The van der Waals surface area contributed by atoms with Crippen molar-refractivity contribution in [1.82, 2.24) is 9.88 Å². The lowest BCUT2D eigenvalue weighted by Gasteiger charge is -2.41. The molecule has 4 aromatic rings. The molecule has 2 aliphatic rings. The SMILES string of the molecule is CC(=C[C@@]12c3ccccc3C(=O)N1CCc1c2[nH]c2cccc(Cl)c12)c1cc(C)ccc1O. The van der Waals surface area contributed by atoms with Crippen LogP contribution in [0.4, 0.5) is 0 Å². The van der Waals surface area contributed by atoms with E-state index in [9.17, 15) is 9.90 Å². The molecule has 0 bridgehead atoms. The number of carbonyl (C=O) groups excluding carboxylic acids is 1. The van der Waals surface area contributed by atoms with Crippen LogP contribution in [-0.4, -0.2) is 27.4 Å². The van der Waals surface area contributed by atoms with Crippen LogP contribution in [0.1, 0.15) is 45.2 Å². The highest BCUT2D eigenvalue weighted by Crippen LogP contribution is 2.51. The highest BCUT2D eigenvalue weighted by atomic mass is 35.5. The van der Waals surface area contributed by atoms with E-state index in [1.807, 2.05) is 73.3 Å². The number of phenolic OH excluding ortho intramolecular Hbond substituents is 1. The lowest BCUT2D eigenvalue weighted by molar-refractivity contribution is 0.0666. The van der Waals surface area contributed by atoms with Gasteiger partial charge >= 0.3 is 0 Å². The maximum atomic E-state index is 13.6. The third kappa shape index (κ3) is 2.67. The van der Waals surface area contributed by atoms with Gasteiger partial charge < -0.3 is 15.0 Å². The number of aryl methyl sites for hydroxylation is 1. The van der Waals surface area contributed by atoms with Crippen LogP contribution in [0.5, 0.6) is 5.75 Å². The molecular weight excluding hydrogens is 432 g/mol. The first-order chi connectivity index (χ1) is 15.9. The zero-order chi connectivity index (χ0) is 22.9. The summed E-state index contributed by atoms with van der Waals surface area (Å²) in [5.41, 5.74) is 6.69. The molecule has 6 rings (SSSR count). The molecule has 1 amide bonds. The minimum absolute atomic E-state index is 0.0264. The number of phenols is 1. The van der Waals surface area contributed by atoms with E-state index >= 15 is 0 Å². The van der Waals surface area contributed by atoms with Crippen LogP contribution in [-0.2, 0) is 12.0 Å². The van der Waals surface area contributed by atoms with E-state index in [0.717, 1.165) is 50.8 Å². The average Bonchev–Trinajstić information content (AvgIpc) is 3.31. The molecule has 0 radical (unpaired) electrons. The maximum absolute atomic E-state index is 13.6. The van der Waals surface area contributed by atoms with E-state index in [1.165, 1.54) is 0 Å². The topological polar surface area (TPSA) is 56.3 Å². The summed E-state index contributed by atoms with van der Waals surface area (Å²) in [6.07, 6.45) is 2.86. The number of aromatic amines is 1. The van der Waals surface area contributed by atoms with Gasteiger partial charge in [-0.05, 0) is 67.8 Å². The van der Waals surface area contributed by atoms with Gasteiger partial charge in [-0.1, -0.05) is 47.5 Å². The average molecular weight is 455 g/mol. The van der Waals surface area contributed by atoms with Crippen molar-refractivity contribution in [3.63, 3.8) is 0 Å². The fourth-order valence-corrected chi connectivity index (χ4v) is 5.94. The van der Waals surface area contributed by atoms with Crippen LogP contribution >= 0.6 is 11.6 Å². The van der Waals surface area contributed by atoms with Crippen molar-refractivity contribution < 1.29 is 9.90 Å². The van der Waals surface area contributed by atoms with Crippen LogP contribution in [0.3, 0.4) is 0 Å². The van der Waals surface area contributed by atoms with Crippen molar-refractivity contribution in [3.8, 4) is 5.75 Å². The van der Waals surface area contributed by atoms with Crippen molar-refractivity contribution in [2.45, 2.75) is 25.8 Å². The van der Waals surface area contributed by atoms with Crippen LogP contribution in [0.2, 0.25) is 5.02 Å². The summed E-state index contributed by atoms with van der Waals surface area (Å²) >= 11 is 6.64. The molecule has 3 aromatic carbocycles. The summed E-state index contributed by atoms with van der Waals surface area (Å²) in [6.45, 7) is 4.59. The van der Waals surface area contributed by atoms with Crippen molar-refractivity contribution in [1.29, 1.82) is 0 Å². The van der Waals surface area contributed by atoms with Gasteiger partial charge in [0.05, 0.1) is 10.7 Å². The molecule has 0 unspecified atom stereocenters. The molecule has 1 aromatic heterocycles. The van der Waals surface area contributed by atoms with Crippen LogP contribution in [0, 0.1) is 6.92 Å². The van der Waals surface area contributed by atoms with Gasteiger partial charge in [0.2, 0.25) is 0 Å². The van der Waals surface area contributed by atoms with Gasteiger partial charge in [-0.15, -0.1) is 0 Å². The summed E-state index contributed by atoms with van der Waals surface area (Å²) in [5.74, 6) is 0.254. The van der Waals surface area contributed by atoms with Crippen LogP contribution < -0.4 is 0 Å². The lowest BCUT2D eigenvalue weighted by Crippen LogP contribution is -2.48. The molecule has 0 fully saturated rings. The summed E-state index contributed by atoms with van der Waals surface area (Å²) in [5, 5.41) is 12.4. The van der Waals surface area contributed by atoms with E-state index in [2.05, 4.69) is 11.1 Å². The monoisotopic (exact) mass is 454 g/mol. The number of allylic oxidation sites excluding steroid dienone is 1. The number of rotatable bonds is 2. The molecule has 164 valence electrons. The van der Waals surface area contributed by atoms with E-state index < -0.39 is 5.54 Å². The van der Waals surface area contributed by atoms with Crippen molar-refractivity contribution in [2.75, 3.05) is 6.54 Å². The second-order valence-electron chi connectivity index (χ2n) is 9.01. The minimum atomic E-state index is -0.802. The summed E-state index contributed by atoms with van der Waals surface area (Å²) < 4.78 is 0. The highest BCUT2D eigenvalue weighted by Gasteiger charge is 2.53. The molecule has 0 spiro atoms. The first kappa shape index (κ1) is 20.1. The molecule has 3 heterocycles. The Balaban J connectivity index is 1.71. The molecule has 5 heteroatoms. The number of hydrogen-bond donors (Lipinski definition) is 2. The fourth-order valence-electron chi connectivity index (χ4n) is 5.65. The first-order valence-corrected chi connectivity index (χ1v) is 11.5. The number of hydrogen-bond acceptors (Lipinski definition) is 2. The minimum Gasteiger partial charge on any atom is -0.507 e. The normalized spacial score (nSPS) is 19.5. The standard InChI is InChI=1S/C28H23ClN2O2/c1-16-10-11-24(32)20(14-16)17(2)15-28-21-7-4-3-6-18(21)27(33)31(28)13-12-19-25-22(29)8-5-9-23(25)30-26(19)28/h3-11,14-15,30,32H,12-13H2,1-2H3/t28-/m0/s1. The van der Waals surface area contributed by atoms with Gasteiger partial charge in [0, 0.05) is 34.1 Å².